The lowest BCUT2D eigenvalue weighted by Gasteiger charge is -2.14. The van der Waals surface area contributed by atoms with Gasteiger partial charge in [0.25, 0.3) is 0 Å². The number of aromatic nitrogens is 3. The number of carbonyl (C=O) groups excluding carboxylic acids is 1. The van der Waals surface area contributed by atoms with Crippen molar-refractivity contribution in [3.05, 3.63) is 77.6 Å². The molecule has 0 radical (unpaired) electrons. The van der Waals surface area contributed by atoms with Crippen molar-refractivity contribution in [2.24, 2.45) is 5.73 Å². The topological polar surface area (TPSA) is 179 Å². The molecule has 176 valence electrons. The molecule has 2 aromatic heterocycles. The van der Waals surface area contributed by atoms with E-state index in [0.717, 1.165) is 22.0 Å². The molecule has 7 N–H and O–H groups in total. The number of carboxylic acid groups (broad SMARTS) is 1. The molecule has 11 heteroatoms. The van der Waals surface area contributed by atoms with Crippen molar-refractivity contribution >= 4 is 22.9 Å². The predicted molar refractivity (Wildman–Crippen MR) is 122 cm³/mol. The summed E-state index contributed by atoms with van der Waals surface area (Å²) >= 11 is 0. The summed E-state index contributed by atoms with van der Waals surface area (Å²) in [5, 5.41) is 32.6. The highest BCUT2D eigenvalue weighted by molar-refractivity contribution is 5.86. The number of benzene rings is 2. The second-order valence-corrected chi connectivity index (χ2v) is 7.79. The number of aromatic amines is 1. The van der Waals surface area contributed by atoms with E-state index in [4.69, 9.17) is 10.2 Å². The van der Waals surface area contributed by atoms with E-state index in [1.165, 1.54) is 0 Å². The number of phenolic OH excluding ortho intramolecular Hbond substituents is 1. The number of fused-ring (bicyclic) bond motifs is 1. The van der Waals surface area contributed by atoms with Gasteiger partial charge in [0.15, 0.2) is 0 Å². The zero-order valence-corrected chi connectivity index (χ0v) is 18.1. The molecule has 34 heavy (non-hydrogen) atoms. The van der Waals surface area contributed by atoms with Gasteiger partial charge in [-0.1, -0.05) is 30.3 Å². The molecule has 0 aliphatic rings. The number of hydrogen-bond acceptors (Lipinski definition) is 7. The highest BCUT2D eigenvalue weighted by Gasteiger charge is 2.22. The van der Waals surface area contributed by atoms with Gasteiger partial charge < -0.3 is 36.0 Å². The van der Waals surface area contributed by atoms with E-state index in [2.05, 4.69) is 25.8 Å². The maximum atomic E-state index is 12.3. The van der Waals surface area contributed by atoms with Crippen LogP contribution in [0.4, 0.5) is 4.79 Å². The van der Waals surface area contributed by atoms with E-state index in [-0.39, 0.29) is 30.5 Å². The first-order chi connectivity index (χ1) is 16.4. The zero-order chi connectivity index (χ0) is 24.1. The van der Waals surface area contributed by atoms with Crippen LogP contribution < -0.4 is 16.4 Å². The smallest absolute Gasteiger partial charge is 0.326 e. The molecular formula is C23H24N6O5. The van der Waals surface area contributed by atoms with Crippen molar-refractivity contribution in [1.29, 1.82) is 0 Å². The van der Waals surface area contributed by atoms with Crippen LogP contribution in [0, 0.1) is 0 Å². The Hall–Kier alpha value is -4.38. The van der Waals surface area contributed by atoms with Gasteiger partial charge in [-0.3, -0.25) is 0 Å². The molecule has 0 spiro atoms. The standard InChI is InChI=1S/C23H24N6O5/c24-17(9-13-5-7-15(30)8-6-13)21-29-28-20(34-21)12-26-23(33)27-19(22(31)32)10-14-11-25-18-4-2-1-3-16(14)18/h1-8,11,17,19,25,30H,9-10,12,24H2,(H,31,32)(H2,26,27,33). The molecule has 11 nitrogen and oxygen atoms in total. The van der Waals surface area contributed by atoms with Crippen molar-refractivity contribution < 1.29 is 24.2 Å². The first kappa shape index (κ1) is 22.8. The first-order valence-electron chi connectivity index (χ1n) is 10.6. The monoisotopic (exact) mass is 464 g/mol. The molecule has 0 aliphatic heterocycles. The van der Waals surface area contributed by atoms with Gasteiger partial charge in [-0.05, 0) is 35.7 Å². The molecule has 0 aliphatic carbocycles. The van der Waals surface area contributed by atoms with Crippen LogP contribution >= 0.6 is 0 Å². The molecule has 2 aromatic carbocycles. The van der Waals surface area contributed by atoms with Gasteiger partial charge in [0.1, 0.15) is 11.8 Å². The fourth-order valence-corrected chi connectivity index (χ4v) is 3.55. The first-order valence-corrected chi connectivity index (χ1v) is 10.6. The second kappa shape index (κ2) is 10.0. The Morgan fingerprint density at radius 2 is 1.85 bits per heavy atom. The fraction of sp³-hybridized carbons (Fsp3) is 0.217. The minimum Gasteiger partial charge on any atom is -0.508 e. The van der Waals surface area contributed by atoms with Gasteiger partial charge in [-0.2, -0.15) is 0 Å². The number of carbonyl (C=O) groups is 2. The van der Waals surface area contributed by atoms with Gasteiger partial charge in [0.2, 0.25) is 11.8 Å². The Kier molecular flexibility index (Phi) is 6.74. The van der Waals surface area contributed by atoms with E-state index < -0.39 is 24.1 Å². The molecule has 0 saturated heterocycles. The molecule has 0 bridgehead atoms. The van der Waals surface area contributed by atoms with Crippen LogP contribution in [0.25, 0.3) is 10.9 Å². The molecule has 0 saturated carbocycles. The molecule has 2 unspecified atom stereocenters. The van der Waals surface area contributed by atoms with Crippen molar-refractivity contribution in [3.8, 4) is 5.75 Å². The Balaban J connectivity index is 1.30. The van der Waals surface area contributed by atoms with Gasteiger partial charge in [-0.25, -0.2) is 9.59 Å². The number of nitrogens with two attached hydrogens (primary N) is 1. The third-order valence-corrected chi connectivity index (χ3v) is 5.29. The lowest BCUT2D eigenvalue weighted by Crippen LogP contribution is -2.46. The number of hydrogen-bond donors (Lipinski definition) is 6. The molecule has 4 rings (SSSR count). The average Bonchev–Trinajstić information content (AvgIpc) is 3.46. The van der Waals surface area contributed by atoms with Gasteiger partial charge in [0, 0.05) is 23.5 Å². The van der Waals surface area contributed by atoms with E-state index >= 15 is 0 Å². The van der Waals surface area contributed by atoms with Gasteiger partial charge in [0.05, 0.1) is 12.6 Å². The SMILES string of the molecule is NC(Cc1ccc(O)cc1)c1nnc(CNC(=O)NC(Cc2c[nH]c3ccccc23)C(=O)O)o1. The summed E-state index contributed by atoms with van der Waals surface area (Å²) in [7, 11) is 0. The highest BCUT2D eigenvalue weighted by atomic mass is 16.4. The summed E-state index contributed by atoms with van der Waals surface area (Å²) in [5.41, 5.74) is 8.67. The Morgan fingerprint density at radius 1 is 1.09 bits per heavy atom. The number of aliphatic carboxylic acids is 1. The number of nitrogens with zero attached hydrogens (tertiary/aromatic N) is 2. The predicted octanol–water partition coefficient (Wildman–Crippen LogP) is 1.99. The average molecular weight is 464 g/mol. The molecule has 4 aromatic rings. The van der Waals surface area contributed by atoms with Crippen molar-refractivity contribution in [3.63, 3.8) is 0 Å². The molecule has 2 atom stereocenters. The van der Waals surface area contributed by atoms with Crippen LogP contribution in [0.15, 0.2) is 59.1 Å². The van der Waals surface area contributed by atoms with E-state index in [9.17, 15) is 19.8 Å². The third kappa shape index (κ3) is 5.51. The quantitative estimate of drug-likeness (QED) is 0.218. The number of para-hydroxylation sites is 1. The Bertz CT molecular complexity index is 1280. The summed E-state index contributed by atoms with van der Waals surface area (Å²) < 4.78 is 5.52. The normalized spacial score (nSPS) is 12.9. The minimum absolute atomic E-state index is 0.0931. The summed E-state index contributed by atoms with van der Waals surface area (Å²) in [4.78, 5) is 27.1. The number of phenols is 1. The summed E-state index contributed by atoms with van der Waals surface area (Å²) in [6, 6.07) is 11.8. The number of urea groups is 1. The lowest BCUT2D eigenvalue weighted by molar-refractivity contribution is -0.139. The summed E-state index contributed by atoms with van der Waals surface area (Å²) in [6.45, 7) is -0.0931. The van der Waals surface area contributed by atoms with Crippen LogP contribution in [-0.4, -0.2) is 43.4 Å². The van der Waals surface area contributed by atoms with Gasteiger partial charge in [-0.15, -0.1) is 10.2 Å². The van der Waals surface area contributed by atoms with Crippen LogP contribution in [0.5, 0.6) is 5.75 Å². The number of carboxylic acids is 1. The maximum Gasteiger partial charge on any atom is 0.326 e. The van der Waals surface area contributed by atoms with Crippen molar-refractivity contribution in [1.82, 2.24) is 25.8 Å². The second-order valence-electron chi connectivity index (χ2n) is 7.79. The summed E-state index contributed by atoms with van der Waals surface area (Å²) in [5.74, 6) is -0.656. The lowest BCUT2D eigenvalue weighted by atomic mass is 10.1. The maximum absolute atomic E-state index is 12.3. The zero-order valence-electron chi connectivity index (χ0n) is 18.1. The van der Waals surface area contributed by atoms with Crippen LogP contribution in [0.3, 0.4) is 0 Å². The molecule has 2 heterocycles. The van der Waals surface area contributed by atoms with Crippen LogP contribution in [0.1, 0.15) is 29.0 Å². The minimum atomic E-state index is -1.15. The number of aromatic hydroxyl groups is 1. The Morgan fingerprint density at radius 3 is 2.62 bits per heavy atom. The molecule has 2 amide bonds. The Labute approximate surface area is 194 Å². The van der Waals surface area contributed by atoms with Crippen LogP contribution in [0.2, 0.25) is 0 Å². The molecular weight excluding hydrogens is 440 g/mol. The van der Waals surface area contributed by atoms with E-state index in [1.807, 2.05) is 24.3 Å². The number of amides is 2. The molecule has 0 fully saturated rings. The largest absolute Gasteiger partial charge is 0.508 e. The summed E-state index contributed by atoms with van der Waals surface area (Å²) in [6.07, 6.45) is 2.27. The fourth-order valence-electron chi connectivity index (χ4n) is 3.55. The third-order valence-electron chi connectivity index (χ3n) is 5.29. The van der Waals surface area contributed by atoms with E-state index in [0.29, 0.717) is 6.42 Å². The van der Waals surface area contributed by atoms with Crippen molar-refractivity contribution in [2.45, 2.75) is 31.5 Å². The number of rotatable bonds is 9. The van der Waals surface area contributed by atoms with Crippen LogP contribution in [-0.2, 0) is 24.2 Å². The van der Waals surface area contributed by atoms with E-state index in [1.54, 1.807) is 30.5 Å². The number of H-pyrrole nitrogens is 1. The van der Waals surface area contributed by atoms with Crippen molar-refractivity contribution in [2.75, 3.05) is 0 Å². The van der Waals surface area contributed by atoms with Gasteiger partial charge >= 0.3 is 12.0 Å². The number of nitrogens with one attached hydrogen (secondary N) is 3. The highest BCUT2D eigenvalue weighted by Crippen LogP contribution is 2.19.